The first-order chi connectivity index (χ1) is 14.7. The molecule has 0 radical (unpaired) electrons. The highest BCUT2D eigenvalue weighted by molar-refractivity contribution is 7.17. The van der Waals surface area contributed by atoms with Crippen molar-refractivity contribution in [3.63, 3.8) is 0 Å². The summed E-state index contributed by atoms with van der Waals surface area (Å²) < 4.78 is 5.41. The third-order valence-corrected chi connectivity index (χ3v) is 7.13. The van der Waals surface area contributed by atoms with Gasteiger partial charge in [0, 0.05) is 23.5 Å². The topological polar surface area (TPSA) is 58.6 Å². The molecule has 1 fully saturated rings. The number of hydrogen-bond acceptors (Lipinski definition) is 4. The van der Waals surface area contributed by atoms with Crippen LogP contribution in [0.25, 0.3) is 10.8 Å². The number of nitrogens with zero attached hydrogens (tertiary/aromatic N) is 1. The summed E-state index contributed by atoms with van der Waals surface area (Å²) in [6.07, 6.45) is 4.11. The predicted molar refractivity (Wildman–Crippen MR) is 120 cm³/mol. The van der Waals surface area contributed by atoms with Crippen LogP contribution in [0.2, 0.25) is 0 Å². The molecule has 0 saturated carbocycles. The van der Waals surface area contributed by atoms with Crippen molar-refractivity contribution in [2.24, 2.45) is 0 Å². The molecule has 6 heteroatoms. The number of carbonyl (C=O) groups is 2. The van der Waals surface area contributed by atoms with Gasteiger partial charge in [-0.3, -0.25) is 9.59 Å². The van der Waals surface area contributed by atoms with Gasteiger partial charge in [0.1, 0.15) is 5.00 Å². The average molecular weight is 421 g/mol. The fraction of sp³-hybridized carbons (Fsp3) is 0.333. The Morgan fingerprint density at radius 1 is 0.967 bits per heavy atom. The zero-order valence-corrected chi connectivity index (χ0v) is 17.6. The maximum Gasteiger partial charge on any atom is 0.257 e. The Hall–Kier alpha value is -2.70. The first kappa shape index (κ1) is 19.3. The zero-order valence-electron chi connectivity index (χ0n) is 16.8. The lowest BCUT2D eigenvalue weighted by Crippen LogP contribution is -2.41. The van der Waals surface area contributed by atoms with Gasteiger partial charge >= 0.3 is 0 Å². The first-order valence-corrected chi connectivity index (χ1v) is 11.3. The van der Waals surface area contributed by atoms with Crippen LogP contribution >= 0.6 is 11.3 Å². The molecule has 154 valence electrons. The smallest absolute Gasteiger partial charge is 0.257 e. The summed E-state index contributed by atoms with van der Waals surface area (Å²) in [5.41, 5.74) is 2.44. The van der Waals surface area contributed by atoms with E-state index in [1.54, 1.807) is 11.3 Å². The second kappa shape index (κ2) is 8.20. The van der Waals surface area contributed by atoms with Gasteiger partial charge in [-0.2, -0.15) is 0 Å². The number of morpholine rings is 1. The lowest BCUT2D eigenvalue weighted by molar-refractivity contribution is 0.0303. The number of amides is 2. The normalized spacial score (nSPS) is 16.3. The second-order valence-electron chi connectivity index (χ2n) is 7.84. The van der Waals surface area contributed by atoms with Crippen LogP contribution in [0, 0.1) is 0 Å². The van der Waals surface area contributed by atoms with Crippen LogP contribution in [0.15, 0.2) is 42.5 Å². The molecule has 2 aromatic carbocycles. The molecule has 1 aliphatic carbocycles. The van der Waals surface area contributed by atoms with Gasteiger partial charge in [0.15, 0.2) is 0 Å². The molecule has 2 heterocycles. The number of carbonyl (C=O) groups excluding carboxylic acids is 2. The van der Waals surface area contributed by atoms with Crippen LogP contribution in [-0.2, 0) is 17.6 Å². The van der Waals surface area contributed by atoms with E-state index in [0.717, 1.165) is 42.0 Å². The van der Waals surface area contributed by atoms with Crippen LogP contribution < -0.4 is 5.32 Å². The minimum atomic E-state index is -0.171. The number of aryl methyl sites for hydroxylation is 1. The molecular weight excluding hydrogens is 396 g/mol. The molecule has 0 unspecified atom stereocenters. The Morgan fingerprint density at radius 2 is 1.73 bits per heavy atom. The molecule has 0 bridgehead atoms. The summed E-state index contributed by atoms with van der Waals surface area (Å²) in [6.45, 7) is 2.33. The molecule has 1 saturated heterocycles. The Kier molecular flexibility index (Phi) is 5.27. The minimum absolute atomic E-state index is 0.0199. The quantitative estimate of drug-likeness (QED) is 0.679. The molecule has 1 N–H and O–H groups in total. The second-order valence-corrected chi connectivity index (χ2v) is 8.94. The summed E-state index contributed by atoms with van der Waals surface area (Å²) in [6, 6.07) is 13.7. The standard InChI is InChI=1S/C24H24N2O3S/c27-22(18-10-9-16-5-1-2-6-17(16)15-18)25-23-21(19-7-3-4-8-20(19)30-23)24(28)26-11-13-29-14-12-26/h1-2,5-6,9-10,15H,3-4,7-8,11-14H2,(H,25,27). The largest absolute Gasteiger partial charge is 0.378 e. The van der Waals surface area contributed by atoms with Crippen molar-refractivity contribution in [2.45, 2.75) is 25.7 Å². The minimum Gasteiger partial charge on any atom is -0.378 e. The SMILES string of the molecule is O=C(Nc1sc2c(c1C(=O)N1CCOCC1)CCCC2)c1ccc2ccccc2c1. The van der Waals surface area contributed by atoms with Crippen molar-refractivity contribution in [3.8, 4) is 0 Å². The zero-order chi connectivity index (χ0) is 20.5. The van der Waals surface area contributed by atoms with E-state index >= 15 is 0 Å². The van der Waals surface area contributed by atoms with Crippen LogP contribution in [0.1, 0.15) is 44.0 Å². The molecule has 1 aliphatic heterocycles. The van der Waals surface area contributed by atoms with Crippen molar-refractivity contribution < 1.29 is 14.3 Å². The van der Waals surface area contributed by atoms with Crippen LogP contribution in [0.3, 0.4) is 0 Å². The van der Waals surface area contributed by atoms with Gasteiger partial charge in [0.05, 0.1) is 18.8 Å². The number of thiophene rings is 1. The molecule has 1 aromatic heterocycles. The van der Waals surface area contributed by atoms with E-state index in [9.17, 15) is 9.59 Å². The molecule has 3 aromatic rings. The van der Waals surface area contributed by atoms with Gasteiger partial charge in [0.2, 0.25) is 0 Å². The number of fused-ring (bicyclic) bond motifs is 2. The summed E-state index contributed by atoms with van der Waals surface area (Å²) in [7, 11) is 0. The van der Waals surface area contributed by atoms with E-state index in [-0.39, 0.29) is 11.8 Å². The van der Waals surface area contributed by atoms with Crippen LogP contribution in [-0.4, -0.2) is 43.0 Å². The van der Waals surface area contributed by atoms with E-state index in [0.29, 0.717) is 42.4 Å². The monoisotopic (exact) mass is 420 g/mol. The van der Waals surface area contributed by atoms with Gasteiger partial charge < -0.3 is 15.0 Å². The van der Waals surface area contributed by atoms with E-state index in [2.05, 4.69) is 5.32 Å². The molecule has 5 rings (SSSR count). The Bertz CT molecular complexity index is 1110. The lowest BCUT2D eigenvalue weighted by atomic mass is 9.95. The van der Waals surface area contributed by atoms with Gasteiger partial charge in [-0.15, -0.1) is 11.3 Å². The fourth-order valence-electron chi connectivity index (χ4n) is 4.31. The van der Waals surface area contributed by atoms with E-state index in [1.165, 1.54) is 4.88 Å². The van der Waals surface area contributed by atoms with Crippen molar-refractivity contribution in [3.05, 3.63) is 64.0 Å². The number of nitrogens with one attached hydrogen (secondary N) is 1. The summed E-state index contributed by atoms with van der Waals surface area (Å²) in [5.74, 6) is -0.151. The number of anilines is 1. The molecule has 2 aliphatic rings. The van der Waals surface area contributed by atoms with E-state index < -0.39 is 0 Å². The third kappa shape index (κ3) is 3.61. The van der Waals surface area contributed by atoms with E-state index in [1.807, 2.05) is 47.4 Å². The molecule has 0 atom stereocenters. The highest BCUT2D eigenvalue weighted by atomic mass is 32.1. The first-order valence-electron chi connectivity index (χ1n) is 10.5. The molecule has 30 heavy (non-hydrogen) atoms. The number of ether oxygens (including phenoxy) is 1. The summed E-state index contributed by atoms with van der Waals surface area (Å²) >= 11 is 1.57. The molecule has 5 nitrogen and oxygen atoms in total. The van der Waals surface area contributed by atoms with Crippen molar-refractivity contribution in [1.29, 1.82) is 0 Å². The third-order valence-electron chi connectivity index (χ3n) is 5.92. The predicted octanol–water partition coefficient (Wildman–Crippen LogP) is 4.50. The van der Waals surface area contributed by atoms with E-state index in [4.69, 9.17) is 4.74 Å². The summed E-state index contributed by atoms with van der Waals surface area (Å²) in [5, 5.41) is 5.89. The number of benzene rings is 2. The summed E-state index contributed by atoms with van der Waals surface area (Å²) in [4.78, 5) is 29.5. The number of rotatable bonds is 3. The van der Waals surface area contributed by atoms with Crippen molar-refractivity contribution >= 4 is 38.9 Å². The molecule has 2 amide bonds. The van der Waals surface area contributed by atoms with Gasteiger partial charge in [-0.25, -0.2) is 0 Å². The highest BCUT2D eigenvalue weighted by Crippen LogP contribution is 2.39. The maximum absolute atomic E-state index is 13.4. The lowest BCUT2D eigenvalue weighted by Gasteiger charge is -2.27. The van der Waals surface area contributed by atoms with Crippen LogP contribution in [0.4, 0.5) is 5.00 Å². The highest BCUT2D eigenvalue weighted by Gasteiger charge is 2.30. The van der Waals surface area contributed by atoms with Gasteiger partial charge in [-0.1, -0.05) is 30.3 Å². The average Bonchev–Trinajstić information content (AvgIpc) is 3.16. The molecule has 0 spiro atoms. The fourth-order valence-corrected chi connectivity index (χ4v) is 5.59. The number of hydrogen-bond donors (Lipinski definition) is 1. The Labute approximate surface area is 179 Å². The Balaban J connectivity index is 1.47. The maximum atomic E-state index is 13.4. The Morgan fingerprint density at radius 3 is 2.57 bits per heavy atom. The van der Waals surface area contributed by atoms with Gasteiger partial charge in [0.25, 0.3) is 11.8 Å². The van der Waals surface area contributed by atoms with Crippen molar-refractivity contribution in [2.75, 3.05) is 31.6 Å². The van der Waals surface area contributed by atoms with Crippen molar-refractivity contribution in [1.82, 2.24) is 4.90 Å². The molecular formula is C24H24N2O3S. The van der Waals surface area contributed by atoms with Gasteiger partial charge in [-0.05, 0) is 54.2 Å². The van der Waals surface area contributed by atoms with Crippen LogP contribution in [0.5, 0.6) is 0 Å².